The second-order valence-corrected chi connectivity index (χ2v) is 13.1. The molecule has 2 aromatic rings. The Morgan fingerprint density at radius 2 is 1.19 bits per heavy atom. The maximum atomic E-state index is 10.8. The van der Waals surface area contributed by atoms with E-state index in [9.17, 15) is 4.89 Å². The monoisotopic (exact) mass is 458 g/mol. The zero-order valence-corrected chi connectivity index (χ0v) is 22.9. The molecule has 0 spiro atoms. The van der Waals surface area contributed by atoms with Gasteiger partial charge in [0.25, 0.3) is 0 Å². The summed E-state index contributed by atoms with van der Waals surface area (Å²) in [6.07, 6.45) is 0.885. The SMILES string of the molecule is CC(C)Cc1cc(C(C)(C)C)ccc1OP(O)Oc1ccc(C(C)(C)C)cc1C(C)(C)C. The van der Waals surface area contributed by atoms with Crippen molar-refractivity contribution in [2.45, 2.75) is 98.8 Å². The highest BCUT2D eigenvalue weighted by molar-refractivity contribution is 7.41. The normalized spacial score (nSPS) is 13.9. The summed E-state index contributed by atoms with van der Waals surface area (Å²) in [5, 5.41) is 0. The van der Waals surface area contributed by atoms with Crippen LogP contribution in [0.15, 0.2) is 36.4 Å². The summed E-state index contributed by atoms with van der Waals surface area (Å²) in [5.41, 5.74) is 4.66. The molecule has 32 heavy (non-hydrogen) atoms. The van der Waals surface area contributed by atoms with Gasteiger partial charge >= 0.3 is 8.60 Å². The van der Waals surface area contributed by atoms with Gasteiger partial charge < -0.3 is 13.9 Å². The maximum Gasteiger partial charge on any atom is 0.460 e. The van der Waals surface area contributed by atoms with Crippen molar-refractivity contribution in [3.63, 3.8) is 0 Å². The molecule has 0 fully saturated rings. The van der Waals surface area contributed by atoms with Crippen LogP contribution >= 0.6 is 8.60 Å². The summed E-state index contributed by atoms with van der Waals surface area (Å²) in [6, 6.07) is 12.5. The first-order valence-corrected chi connectivity index (χ1v) is 12.7. The molecular formula is C28H43O3P. The van der Waals surface area contributed by atoms with E-state index >= 15 is 0 Å². The molecule has 4 heteroatoms. The highest BCUT2D eigenvalue weighted by Gasteiger charge is 2.26. The van der Waals surface area contributed by atoms with Crippen LogP contribution in [0.1, 0.15) is 98.4 Å². The summed E-state index contributed by atoms with van der Waals surface area (Å²) < 4.78 is 12.0. The highest BCUT2D eigenvalue weighted by Crippen LogP contribution is 2.44. The van der Waals surface area contributed by atoms with Crippen LogP contribution in [0.5, 0.6) is 11.5 Å². The van der Waals surface area contributed by atoms with E-state index in [-0.39, 0.29) is 16.2 Å². The lowest BCUT2D eigenvalue weighted by atomic mass is 9.80. The van der Waals surface area contributed by atoms with Gasteiger partial charge in [-0.05, 0) is 57.4 Å². The topological polar surface area (TPSA) is 38.7 Å². The van der Waals surface area contributed by atoms with Crippen molar-refractivity contribution in [2.24, 2.45) is 5.92 Å². The second-order valence-electron chi connectivity index (χ2n) is 12.3. The zero-order chi connectivity index (χ0) is 24.5. The molecule has 0 saturated heterocycles. The zero-order valence-electron chi connectivity index (χ0n) is 22.0. The Morgan fingerprint density at radius 3 is 1.66 bits per heavy atom. The minimum absolute atomic E-state index is 0.0412. The average molecular weight is 459 g/mol. The molecule has 0 aliphatic carbocycles. The van der Waals surface area contributed by atoms with Crippen LogP contribution in [-0.4, -0.2) is 4.89 Å². The van der Waals surface area contributed by atoms with Crippen LogP contribution in [0.4, 0.5) is 0 Å². The molecule has 3 nitrogen and oxygen atoms in total. The van der Waals surface area contributed by atoms with Crippen LogP contribution in [0.25, 0.3) is 0 Å². The average Bonchev–Trinajstić information content (AvgIpc) is 2.60. The van der Waals surface area contributed by atoms with Crippen LogP contribution in [0.3, 0.4) is 0 Å². The second kappa shape index (κ2) is 9.74. The van der Waals surface area contributed by atoms with Crippen molar-refractivity contribution < 1.29 is 13.9 Å². The van der Waals surface area contributed by atoms with E-state index in [1.165, 1.54) is 11.1 Å². The standard InChI is InChI=1S/C28H43O3P/c1-19(2)16-20-17-21(26(3,4)5)12-14-24(20)30-32(29)31-25-15-13-22(27(6,7)8)18-23(25)28(9,10)11/h12-15,17-19,29H,16H2,1-11H3. The molecule has 0 amide bonds. The predicted molar refractivity (Wildman–Crippen MR) is 138 cm³/mol. The fourth-order valence-electron chi connectivity index (χ4n) is 3.58. The fourth-order valence-corrected chi connectivity index (χ4v) is 4.29. The third kappa shape index (κ3) is 7.22. The van der Waals surface area contributed by atoms with Crippen LogP contribution in [-0.2, 0) is 22.7 Å². The van der Waals surface area contributed by atoms with Crippen LogP contribution in [0.2, 0.25) is 0 Å². The molecule has 2 aromatic carbocycles. The minimum atomic E-state index is -2.11. The van der Waals surface area contributed by atoms with Gasteiger partial charge in [0, 0.05) is 5.56 Å². The van der Waals surface area contributed by atoms with E-state index in [2.05, 4.69) is 100 Å². The third-order valence-corrected chi connectivity index (χ3v) is 6.27. The van der Waals surface area contributed by atoms with Gasteiger partial charge in [-0.1, -0.05) is 100 Å². The predicted octanol–water partition coefficient (Wildman–Crippen LogP) is 8.45. The summed E-state index contributed by atoms with van der Waals surface area (Å²) >= 11 is 0. The molecular weight excluding hydrogens is 415 g/mol. The first kappa shape index (κ1) is 26.7. The smallest absolute Gasteiger partial charge is 0.418 e. The quantitative estimate of drug-likeness (QED) is 0.441. The molecule has 0 aromatic heterocycles. The summed E-state index contributed by atoms with van der Waals surface area (Å²) in [5.74, 6) is 1.86. The molecule has 1 atom stereocenters. The van der Waals surface area contributed by atoms with E-state index in [1.54, 1.807) is 0 Å². The third-order valence-electron chi connectivity index (χ3n) is 5.56. The Hall–Kier alpha value is -1.57. The van der Waals surface area contributed by atoms with Crippen molar-refractivity contribution in [3.8, 4) is 11.5 Å². The van der Waals surface area contributed by atoms with Gasteiger partial charge in [-0.25, -0.2) is 0 Å². The molecule has 2 rings (SSSR count). The lowest BCUT2D eigenvalue weighted by molar-refractivity contribution is 0.373. The van der Waals surface area contributed by atoms with Crippen molar-refractivity contribution in [1.82, 2.24) is 0 Å². The van der Waals surface area contributed by atoms with Crippen LogP contribution in [0, 0.1) is 5.92 Å². The Kier molecular flexibility index (Phi) is 8.12. The van der Waals surface area contributed by atoms with Gasteiger partial charge in [0.05, 0.1) is 0 Å². The number of rotatable bonds is 6. The number of hydrogen-bond acceptors (Lipinski definition) is 3. The van der Waals surface area contributed by atoms with E-state index < -0.39 is 8.60 Å². The molecule has 0 aliphatic heterocycles. The van der Waals surface area contributed by atoms with Crippen molar-refractivity contribution in [3.05, 3.63) is 58.7 Å². The molecule has 0 bridgehead atoms. The number of benzene rings is 2. The number of hydrogen-bond donors (Lipinski definition) is 1. The van der Waals surface area contributed by atoms with Crippen molar-refractivity contribution >= 4 is 8.60 Å². The molecule has 0 heterocycles. The van der Waals surface area contributed by atoms with Gasteiger partial charge in [0.2, 0.25) is 0 Å². The van der Waals surface area contributed by atoms with Crippen LogP contribution < -0.4 is 9.05 Å². The minimum Gasteiger partial charge on any atom is -0.418 e. The maximum absolute atomic E-state index is 10.8. The van der Waals surface area contributed by atoms with Gasteiger partial charge in [-0.3, -0.25) is 0 Å². The lowest BCUT2D eigenvalue weighted by Gasteiger charge is -2.27. The summed E-state index contributed by atoms with van der Waals surface area (Å²) in [7, 11) is -2.11. The summed E-state index contributed by atoms with van der Waals surface area (Å²) in [6.45, 7) is 24.1. The molecule has 0 aliphatic rings. The van der Waals surface area contributed by atoms with E-state index in [1.807, 2.05) is 12.1 Å². The van der Waals surface area contributed by atoms with E-state index in [0.717, 1.165) is 17.5 Å². The van der Waals surface area contributed by atoms with Gasteiger partial charge in [-0.2, -0.15) is 0 Å². The molecule has 0 saturated carbocycles. The molecule has 1 unspecified atom stereocenters. The summed E-state index contributed by atoms with van der Waals surface area (Å²) in [4.78, 5) is 10.8. The fraction of sp³-hybridized carbons (Fsp3) is 0.571. The van der Waals surface area contributed by atoms with Crippen molar-refractivity contribution in [1.29, 1.82) is 0 Å². The Morgan fingerprint density at radius 1 is 0.719 bits per heavy atom. The molecule has 0 radical (unpaired) electrons. The van der Waals surface area contributed by atoms with Crippen molar-refractivity contribution in [2.75, 3.05) is 0 Å². The first-order chi connectivity index (χ1) is 14.5. The largest absolute Gasteiger partial charge is 0.460 e. The highest BCUT2D eigenvalue weighted by atomic mass is 31.2. The first-order valence-electron chi connectivity index (χ1n) is 11.6. The Bertz CT molecular complexity index is 912. The van der Waals surface area contributed by atoms with E-state index in [4.69, 9.17) is 9.05 Å². The molecule has 1 N–H and O–H groups in total. The Labute approximate surface area is 197 Å². The van der Waals surface area contributed by atoms with Gasteiger partial charge in [0.1, 0.15) is 11.5 Å². The lowest BCUT2D eigenvalue weighted by Crippen LogP contribution is -2.17. The molecule has 178 valence electrons. The van der Waals surface area contributed by atoms with Gasteiger partial charge in [0.15, 0.2) is 0 Å². The van der Waals surface area contributed by atoms with E-state index in [0.29, 0.717) is 17.4 Å². The van der Waals surface area contributed by atoms with Gasteiger partial charge in [-0.15, -0.1) is 0 Å². The Balaban J connectivity index is 2.33.